The fourth-order valence-corrected chi connectivity index (χ4v) is 2.01. The van der Waals surface area contributed by atoms with Gasteiger partial charge in [0.05, 0.1) is 10.7 Å². The van der Waals surface area contributed by atoms with Gasteiger partial charge in [-0.2, -0.15) is 0 Å². The summed E-state index contributed by atoms with van der Waals surface area (Å²) >= 11 is 5.72. The van der Waals surface area contributed by atoms with Crippen LogP contribution >= 0.6 is 11.6 Å². The second kappa shape index (κ2) is 5.39. The van der Waals surface area contributed by atoms with Crippen LogP contribution in [0, 0.1) is 11.6 Å². The zero-order chi connectivity index (χ0) is 13.1. The molecule has 1 heterocycles. The maximum atomic E-state index is 13.4. The SMILES string of the molecule is O=C1NCCN1CCNc1c(F)cc(F)cc1Cl. The maximum absolute atomic E-state index is 13.4. The number of benzene rings is 1. The molecule has 2 N–H and O–H groups in total. The Morgan fingerprint density at radius 1 is 1.44 bits per heavy atom. The van der Waals surface area contributed by atoms with Gasteiger partial charge in [-0.3, -0.25) is 0 Å². The normalized spacial score (nSPS) is 14.8. The first kappa shape index (κ1) is 12.9. The van der Waals surface area contributed by atoms with Crippen LogP contribution in [0.3, 0.4) is 0 Å². The van der Waals surface area contributed by atoms with Crippen LogP contribution in [0.4, 0.5) is 19.3 Å². The third-order valence-electron chi connectivity index (χ3n) is 2.64. The molecule has 7 heteroatoms. The van der Waals surface area contributed by atoms with Crippen LogP contribution in [-0.4, -0.2) is 37.1 Å². The summed E-state index contributed by atoms with van der Waals surface area (Å²) in [5, 5.41) is 5.40. The highest BCUT2D eigenvalue weighted by Crippen LogP contribution is 2.26. The molecule has 0 aromatic heterocycles. The predicted molar refractivity (Wildman–Crippen MR) is 64.8 cm³/mol. The van der Waals surface area contributed by atoms with Gasteiger partial charge in [0.2, 0.25) is 0 Å². The number of rotatable bonds is 4. The maximum Gasteiger partial charge on any atom is 0.317 e. The molecule has 0 spiro atoms. The van der Waals surface area contributed by atoms with E-state index in [1.807, 2.05) is 0 Å². The average Bonchev–Trinajstić information content (AvgIpc) is 2.68. The molecule has 0 radical (unpaired) electrons. The fourth-order valence-electron chi connectivity index (χ4n) is 1.75. The van der Waals surface area contributed by atoms with E-state index in [2.05, 4.69) is 10.6 Å². The summed E-state index contributed by atoms with van der Waals surface area (Å²) in [4.78, 5) is 12.8. The van der Waals surface area contributed by atoms with Gasteiger partial charge < -0.3 is 15.5 Å². The molecule has 1 aromatic rings. The van der Waals surface area contributed by atoms with Crippen LogP contribution in [0.2, 0.25) is 5.02 Å². The highest BCUT2D eigenvalue weighted by Gasteiger charge is 2.18. The highest BCUT2D eigenvalue weighted by atomic mass is 35.5. The third-order valence-corrected chi connectivity index (χ3v) is 2.93. The van der Waals surface area contributed by atoms with E-state index in [4.69, 9.17) is 11.6 Å². The van der Waals surface area contributed by atoms with E-state index >= 15 is 0 Å². The minimum atomic E-state index is -0.745. The Balaban J connectivity index is 1.92. The van der Waals surface area contributed by atoms with Gasteiger partial charge in [-0.15, -0.1) is 0 Å². The topological polar surface area (TPSA) is 44.4 Å². The first-order valence-electron chi connectivity index (χ1n) is 5.49. The molecule has 1 aromatic carbocycles. The predicted octanol–water partition coefficient (Wildman–Crippen LogP) is 2.06. The molecule has 4 nitrogen and oxygen atoms in total. The second-order valence-electron chi connectivity index (χ2n) is 3.89. The van der Waals surface area contributed by atoms with Crippen molar-refractivity contribution < 1.29 is 13.6 Å². The molecule has 1 saturated heterocycles. The lowest BCUT2D eigenvalue weighted by molar-refractivity contribution is 0.219. The lowest BCUT2D eigenvalue weighted by Crippen LogP contribution is -2.32. The van der Waals surface area contributed by atoms with E-state index in [9.17, 15) is 13.6 Å². The van der Waals surface area contributed by atoms with Gasteiger partial charge in [0.25, 0.3) is 0 Å². The quantitative estimate of drug-likeness (QED) is 0.883. The molecule has 0 unspecified atom stereocenters. The summed E-state index contributed by atoms with van der Waals surface area (Å²) in [6, 6.07) is 1.66. The highest BCUT2D eigenvalue weighted by molar-refractivity contribution is 6.33. The van der Waals surface area contributed by atoms with Crippen LogP contribution in [0.25, 0.3) is 0 Å². The van der Waals surface area contributed by atoms with Gasteiger partial charge in [-0.1, -0.05) is 11.6 Å². The van der Waals surface area contributed by atoms with Gasteiger partial charge in [0.15, 0.2) is 5.82 Å². The number of urea groups is 1. The largest absolute Gasteiger partial charge is 0.380 e. The van der Waals surface area contributed by atoms with E-state index in [1.54, 1.807) is 4.90 Å². The molecule has 2 rings (SSSR count). The van der Waals surface area contributed by atoms with Crippen LogP contribution in [-0.2, 0) is 0 Å². The van der Waals surface area contributed by atoms with Crippen molar-refractivity contribution in [2.24, 2.45) is 0 Å². The Hall–Kier alpha value is -1.56. The van der Waals surface area contributed by atoms with Crippen molar-refractivity contribution in [3.63, 3.8) is 0 Å². The van der Waals surface area contributed by atoms with Crippen LogP contribution in [0.15, 0.2) is 12.1 Å². The Labute approximate surface area is 108 Å². The van der Waals surface area contributed by atoms with E-state index in [0.717, 1.165) is 12.1 Å². The molecule has 0 atom stereocenters. The monoisotopic (exact) mass is 275 g/mol. The van der Waals surface area contributed by atoms with Gasteiger partial charge in [-0.05, 0) is 6.07 Å². The summed E-state index contributed by atoms with van der Waals surface area (Å²) in [6.45, 7) is 2.01. The van der Waals surface area contributed by atoms with E-state index in [-0.39, 0.29) is 16.7 Å². The lowest BCUT2D eigenvalue weighted by Gasteiger charge is -2.15. The zero-order valence-electron chi connectivity index (χ0n) is 9.47. The molecule has 0 bridgehead atoms. The number of carbonyl (C=O) groups excluding carboxylic acids is 1. The Bertz CT molecular complexity index is 447. The van der Waals surface area contributed by atoms with Crippen molar-refractivity contribution in [2.75, 3.05) is 31.5 Å². The van der Waals surface area contributed by atoms with Gasteiger partial charge >= 0.3 is 6.03 Å². The number of anilines is 1. The third kappa shape index (κ3) is 2.81. The number of carbonyl (C=O) groups is 1. The molecular formula is C11H12ClF2N3O. The van der Waals surface area contributed by atoms with Gasteiger partial charge in [0, 0.05) is 32.2 Å². The number of nitrogens with zero attached hydrogens (tertiary/aromatic N) is 1. The van der Waals surface area contributed by atoms with E-state index in [1.165, 1.54) is 0 Å². The summed E-state index contributed by atoms with van der Waals surface area (Å²) in [7, 11) is 0. The first-order chi connectivity index (χ1) is 8.58. The molecule has 0 aliphatic carbocycles. The smallest absolute Gasteiger partial charge is 0.317 e. The van der Waals surface area contributed by atoms with Crippen molar-refractivity contribution >= 4 is 23.3 Å². The number of hydrogen-bond donors (Lipinski definition) is 2. The van der Waals surface area contributed by atoms with E-state index < -0.39 is 11.6 Å². The molecule has 2 amide bonds. The van der Waals surface area contributed by atoms with Gasteiger partial charge in [0.1, 0.15) is 5.82 Å². The molecule has 1 aliphatic rings. The number of nitrogens with one attached hydrogen (secondary N) is 2. The van der Waals surface area contributed by atoms with Crippen LogP contribution in [0.1, 0.15) is 0 Å². The molecular weight excluding hydrogens is 264 g/mol. The number of halogens is 3. The molecule has 1 fully saturated rings. The zero-order valence-corrected chi connectivity index (χ0v) is 10.2. The standard InChI is InChI=1S/C11H12ClF2N3O/c12-8-5-7(13)6-9(14)10(8)15-1-3-17-4-2-16-11(17)18/h5-6,15H,1-4H2,(H,16,18). The van der Waals surface area contributed by atoms with Crippen molar-refractivity contribution in [3.05, 3.63) is 28.8 Å². The average molecular weight is 276 g/mol. The summed E-state index contributed by atoms with van der Waals surface area (Å²) in [5.41, 5.74) is 0.0534. The van der Waals surface area contributed by atoms with Gasteiger partial charge in [-0.25, -0.2) is 13.6 Å². The molecule has 98 valence electrons. The summed E-state index contributed by atoms with van der Waals surface area (Å²) < 4.78 is 26.2. The van der Waals surface area contributed by atoms with E-state index in [0.29, 0.717) is 26.2 Å². The number of hydrogen-bond acceptors (Lipinski definition) is 2. The minimum Gasteiger partial charge on any atom is -0.380 e. The molecule has 1 aliphatic heterocycles. The van der Waals surface area contributed by atoms with Crippen LogP contribution in [0.5, 0.6) is 0 Å². The Kier molecular flexibility index (Phi) is 3.86. The summed E-state index contributed by atoms with van der Waals surface area (Å²) in [5.74, 6) is -1.46. The number of amides is 2. The fraction of sp³-hybridized carbons (Fsp3) is 0.364. The molecule has 18 heavy (non-hydrogen) atoms. The Morgan fingerprint density at radius 3 is 2.83 bits per heavy atom. The molecule has 0 saturated carbocycles. The second-order valence-corrected chi connectivity index (χ2v) is 4.30. The van der Waals surface area contributed by atoms with Crippen LogP contribution < -0.4 is 10.6 Å². The minimum absolute atomic E-state index is 0.0154. The van der Waals surface area contributed by atoms with Crippen molar-refractivity contribution in [1.82, 2.24) is 10.2 Å². The van der Waals surface area contributed by atoms with Crippen molar-refractivity contribution in [2.45, 2.75) is 0 Å². The van der Waals surface area contributed by atoms with Crippen molar-refractivity contribution in [1.29, 1.82) is 0 Å². The van der Waals surface area contributed by atoms with Crippen molar-refractivity contribution in [3.8, 4) is 0 Å². The Morgan fingerprint density at radius 2 is 2.22 bits per heavy atom. The summed E-state index contributed by atoms with van der Waals surface area (Å²) in [6.07, 6.45) is 0. The lowest BCUT2D eigenvalue weighted by atomic mass is 10.3. The first-order valence-corrected chi connectivity index (χ1v) is 5.87.